The van der Waals surface area contributed by atoms with Gasteiger partial charge in [0.15, 0.2) is 0 Å². The van der Waals surface area contributed by atoms with Crippen LogP contribution in [0.5, 0.6) is 0 Å². The molecular formula is C10H11Cl3. The number of halogens is 3. The van der Waals surface area contributed by atoms with Gasteiger partial charge in [0.05, 0.1) is 0 Å². The van der Waals surface area contributed by atoms with Gasteiger partial charge in [0.1, 0.15) is 0 Å². The maximum absolute atomic E-state index is 5.85. The van der Waals surface area contributed by atoms with Crippen LogP contribution in [0.15, 0.2) is 24.3 Å². The molecule has 0 saturated carbocycles. The smallest absolute Gasteiger partial charge is 0.0408 e. The predicted molar refractivity (Wildman–Crippen MR) is 60.1 cm³/mol. The summed E-state index contributed by atoms with van der Waals surface area (Å²) in [5, 5.41) is 0.764. The Labute approximate surface area is 93.8 Å². The first-order valence-corrected chi connectivity index (χ1v) is 5.57. The molecule has 0 saturated heterocycles. The molecule has 0 N–H and O–H groups in total. The SMILES string of the molecule is ClCC(CCl)Cc1cccc(Cl)c1. The summed E-state index contributed by atoms with van der Waals surface area (Å²) in [7, 11) is 0. The summed E-state index contributed by atoms with van der Waals surface area (Å²) in [5.74, 6) is 1.52. The third kappa shape index (κ3) is 3.76. The molecule has 0 unspecified atom stereocenters. The molecule has 72 valence electrons. The van der Waals surface area contributed by atoms with Gasteiger partial charge in [-0.15, -0.1) is 23.2 Å². The molecule has 0 bridgehead atoms. The zero-order valence-corrected chi connectivity index (χ0v) is 9.41. The Morgan fingerprint density at radius 1 is 1.15 bits per heavy atom. The predicted octanol–water partition coefficient (Wildman–Crippen LogP) is 3.98. The maximum atomic E-state index is 5.85. The van der Waals surface area contributed by atoms with Gasteiger partial charge < -0.3 is 0 Å². The summed E-state index contributed by atoms with van der Waals surface area (Å²) in [4.78, 5) is 0. The van der Waals surface area contributed by atoms with E-state index in [0.29, 0.717) is 17.7 Å². The Balaban J connectivity index is 2.62. The number of alkyl halides is 2. The lowest BCUT2D eigenvalue weighted by molar-refractivity contribution is 0.662. The second-order valence-electron chi connectivity index (χ2n) is 3.01. The first kappa shape index (κ1) is 11.2. The van der Waals surface area contributed by atoms with Crippen LogP contribution >= 0.6 is 34.8 Å². The fourth-order valence-electron chi connectivity index (χ4n) is 1.15. The lowest BCUT2D eigenvalue weighted by atomic mass is 10.0. The average Bonchev–Trinajstić information content (AvgIpc) is 2.14. The van der Waals surface area contributed by atoms with Gasteiger partial charge >= 0.3 is 0 Å². The van der Waals surface area contributed by atoms with Crippen molar-refractivity contribution in [2.75, 3.05) is 11.8 Å². The van der Waals surface area contributed by atoms with Crippen molar-refractivity contribution in [3.8, 4) is 0 Å². The standard InChI is InChI=1S/C10H11Cl3/c11-6-9(7-12)4-8-2-1-3-10(13)5-8/h1-3,5,9H,4,6-7H2. The normalized spacial score (nSPS) is 10.8. The fraction of sp³-hybridized carbons (Fsp3) is 0.400. The summed E-state index contributed by atoms with van der Waals surface area (Å²) in [6, 6.07) is 7.80. The highest BCUT2D eigenvalue weighted by Gasteiger charge is 2.06. The minimum atomic E-state index is 0.335. The molecule has 3 heteroatoms. The molecular weight excluding hydrogens is 226 g/mol. The van der Waals surface area contributed by atoms with Crippen LogP contribution in [-0.4, -0.2) is 11.8 Å². The van der Waals surface area contributed by atoms with Crippen LogP contribution in [0.1, 0.15) is 5.56 Å². The van der Waals surface area contributed by atoms with Gasteiger partial charge in [0, 0.05) is 16.8 Å². The van der Waals surface area contributed by atoms with E-state index >= 15 is 0 Å². The summed E-state index contributed by atoms with van der Waals surface area (Å²) in [6.45, 7) is 0. The minimum absolute atomic E-state index is 0.335. The summed E-state index contributed by atoms with van der Waals surface area (Å²) < 4.78 is 0. The van der Waals surface area contributed by atoms with E-state index in [-0.39, 0.29) is 0 Å². The van der Waals surface area contributed by atoms with E-state index in [0.717, 1.165) is 11.4 Å². The zero-order chi connectivity index (χ0) is 9.68. The van der Waals surface area contributed by atoms with Crippen molar-refractivity contribution < 1.29 is 0 Å². The molecule has 1 aromatic rings. The monoisotopic (exact) mass is 236 g/mol. The third-order valence-corrected chi connectivity index (χ3v) is 2.96. The van der Waals surface area contributed by atoms with E-state index in [1.54, 1.807) is 0 Å². The first-order chi connectivity index (χ1) is 6.26. The molecule has 0 amide bonds. The molecule has 0 aliphatic heterocycles. The molecule has 0 heterocycles. The Bertz CT molecular complexity index is 256. The van der Waals surface area contributed by atoms with Gasteiger partial charge in [-0.05, 0) is 30.0 Å². The van der Waals surface area contributed by atoms with Crippen LogP contribution in [0.2, 0.25) is 5.02 Å². The lowest BCUT2D eigenvalue weighted by Gasteiger charge is -2.09. The summed E-state index contributed by atoms with van der Waals surface area (Å²) in [5.41, 5.74) is 1.19. The molecule has 1 aromatic carbocycles. The van der Waals surface area contributed by atoms with Gasteiger partial charge in [-0.1, -0.05) is 23.7 Å². The fourth-order valence-corrected chi connectivity index (χ4v) is 1.91. The van der Waals surface area contributed by atoms with Crippen molar-refractivity contribution in [2.24, 2.45) is 5.92 Å². The topological polar surface area (TPSA) is 0 Å². The van der Waals surface area contributed by atoms with Crippen molar-refractivity contribution in [1.82, 2.24) is 0 Å². The minimum Gasteiger partial charge on any atom is -0.126 e. The number of rotatable bonds is 4. The van der Waals surface area contributed by atoms with Crippen molar-refractivity contribution in [3.63, 3.8) is 0 Å². The number of hydrogen-bond acceptors (Lipinski definition) is 0. The van der Waals surface area contributed by atoms with Crippen LogP contribution < -0.4 is 0 Å². The van der Waals surface area contributed by atoms with Crippen LogP contribution in [0.25, 0.3) is 0 Å². The second kappa shape index (κ2) is 5.74. The van der Waals surface area contributed by atoms with E-state index in [2.05, 4.69) is 0 Å². The molecule has 1 rings (SSSR count). The van der Waals surface area contributed by atoms with E-state index in [1.165, 1.54) is 5.56 Å². The lowest BCUT2D eigenvalue weighted by Crippen LogP contribution is -2.07. The van der Waals surface area contributed by atoms with E-state index < -0.39 is 0 Å². The molecule has 0 aliphatic rings. The largest absolute Gasteiger partial charge is 0.126 e. The Kier molecular flexibility index (Phi) is 4.93. The van der Waals surface area contributed by atoms with E-state index in [1.807, 2.05) is 24.3 Å². The third-order valence-electron chi connectivity index (χ3n) is 1.85. The van der Waals surface area contributed by atoms with Crippen molar-refractivity contribution in [1.29, 1.82) is 0 Å². The average molecular weight is 238 g/mol. The molecule has 0 spiro atoms. The highest BCUT2D eigenvalue weighted by Crippen LogP contribution is 2.16. The first-order valence-electron chi connectivity index (χ1n) is 4.12. The van der Waals surface area contributed by atoms with Crippen molar-refractivity contribution in [3.05, 3.63) is 34.9 Å². The molecule has 13 heavy (non-hydrogen) atoms. The molecule has 0 radical (unpaired) electrons. The summed E-state index contributed by atoms with van der Waals surface area (Å²) in [6.07, 6.45) is 0.896. The van der Waals surface area contributed by atoms with Crippen LogP contribution in [-0.2, 0) is 6.42 Å². The number of hydrogen-bond donors (Lipinski definition) is 0. The van der Waals surface area contributed by atoms with Crippen LogP contribution in [0.3, 0.4) is 0 Å². The van der Waals surface area contributed by atoms with Crippen molar-refractivity contribution >= 4 is 34.8 Å². The van der Waals surface area contributed by atoms with Gasteiger partial charge in [-0.25, -0.2) is 0 Å². The Morgan fingerprint density at radius 2 is 1.85 bits per heavy atom. The van der Waals surface area contributed by atoms with Crippen molar-refractivity contribution in [2.45, 2.75) is 6.42 Å². The zero-order valence-electron chi connectivity index (χ0n) is 7.14. The quantitative estimate of drug-likeness (QED) is 0.695. The highest BCUT2D eigenvalue weighted by molar-refractivity contribution is 6.30. The highest BCUT2D eigenvalue weighted by atomic mass is 35.5. The van der Waals surface area contributed by atoms with Gasteiger partial charge in [0.2, 0.25) is 0 Å². The molecule has 0 atom stereocenters. The van der Waals surface area contributed by atoms with Gasteiger partial charge in [-0.3, -0.25) is 0 Å². The molecule has 0 aromatic heterocycles. The van der Waals surface area contributed by atoms with E-state index in [9.17, 15) is 0 Å². The number of benzene rings is 1. The second-order valence-corrected chi connectivity index (χ2v) is 4.06. The van der Waals surface area contributed by atoms with Gasteiger partial charge in [0.25, 0.3) is 0 Å². The van der Waals surface area contributed by atoms with Crippen LogP contribution in [0.4, 0.5) is 0 Å². The molecule has 0 nitrogen and oxygen atoms in total. The Morgan fingerprint density at radius 3 is 2.38 bits per heavy atom. The van der Waals surface area contributed by atoms with Crippen LogP contribution in [0, 0.1) is 5.92 Å². The Hall–Kier alpha value is 0.0900. The molecule has 0 aliphatic carbocycles. The van der Waals surface area contributed by atoms with Gasteiger partial charge in [-0.2, -0.15) is 0 Å². The maximum Gasteiger partial charge on any atom is 0.0408 e. The summed E-state index contributed by atoms with van der Waals surface area (Å²) >= 11 is 17.3. The molecule has 0 fully saturated rings. The van der Waals surface area contributed by atoms with E-state index in [4.69, 9.17) is 34.8 Å².